The number of para-hydroxylation sites is 1. The molecule has 0 atom stereocenters. The lowest BCUT2D eigenvalue weighted by molar-refractivity contribution is -0.673. The van der Waals surface area contributed by atoms with Crippen LogP contribution in [-0.2, 0) is 16.8 Å². The number of ketones is 1. The van der Waals surface area contributed by atoms with E-state index in [0.29, 0.717) is 22.6 Å². The molecule has 1 aliphatic heterocycles. The number of benzene rings is 2. The van der Waals surface area contributed by atoms with Crippen LogP contribution in [0, 0.1) is 0 Å². The Hall–Kier alpha value is -4.06. The number of aromatic nitrogens is 1. The van der Waals surface area contributed by atoms with E-state index in [1.165, 1.54) is 51.4 Å². The average Bonchev–Trinajstić information content (AvgIpc) is 3.30. The molecule has 256 valence electrons. The van der Waals surface area contributed by atoms with E-state index in [0.717, 1.165) is 65.9 Å². The summed E-state index contributed by atoms with van der Waals surface area (Å²) in [7, 11) is 3.32. The minimum Gasteiger partial charge on any atom is -0.506 e. The molecule has 48 heavy (non-hydrogen) atoms. The summed E-state index contributed by atoms with van der Waals surface area (Å²) < 4.78 is 13.6. The van der Waals surface area contributed by atoms with Crippen molar-refractivity contribution in [2.45, 2.75) is 110 Å². The summed E-state index contributed by atoms with van der Waals surface area (Å²) in [5.74, 6) is 1.30. The summed E-state index contributed by atoms with van der Waals surface area (Å²) in [6, 6.07) is 16.5. The van der Waals surface area contributed by atoms with E-state index in [1.54, 1.807) is 14.2 Å². The van der Waals surface area contributed by atoms with Crippen molar-refractivity contribution in [3.8, 4) is 11.5 Å². The maximum atomic E-state index is 13.7. The van der Waals surface area contributed by atoms with Crippen molar-refractivity contribution >= 4 is 28.4 Å². The van der Waals surface area contributed by atoms with Gasteiger partial charge in [0.2, 0.25) is 17.0 Å². The zero-order valence-corrected chi connectivity index (χ0v) is 30.0. The first-order valence-electron chi connectivity index (χ1n) is 18.1. The van der Waals surface area contributed by atoms with Crippen molar-refractivity contribution in [2.75, 3.05) is 25.7 Å². The van der Waals surface area contributed by atoms with Gasteiger partial charge in [-0.25, -0.2) is 0 Å². The van der Waals surface area contributed by atoms with Crippen molar-refractivity contribution in [1.82, 2.24) is 0 Å². The maximum absolute atomic E-state index is 13.7. The van der Waals surface area contributed by atoms with Crippen LogP contribution in [0.2, 0.25) is 0 Å². The molecule has 0 saturated carbocycles. The van der Waals surface area contributed by atoms with E-state index in [1.807, 2.05) is 30.4 Å². The Balaban J connectivity index is 1.42. The number of Topliss-reactive ketones (excluding diaryl/α,β-unsaturated/α-hetero) is 1. The Morgan fingerprint density at radius 3 is 2.10 bits per heavy atom. The topological polar surface area (TPSA) is 62.9 Å². The van der Waals surface area contributed by atoms with Crippen LogP contribution in [0.5, 0.6) is 11.5 Å². The predicted molar refractivity (Wildman–Crippen MR) is 197 cm³/mol. The molecule has 0 fully saturated rings. The van der Waals surface area contributed by atoms with E-state index in [-0.39, 0.29) is 11.5 Å². The number of hydrogen-bond acceptors (Lipinski definition) is 5. The van der Waals surface area contributed by atoms with Crippen LogP contribution < -0.4 is 18.9 Å². The second kappa shape index (κ2) is 15.9. The Bertz CT molecular complexity index is 1710. The number of pyridine rings is 1. The summed E-state index contributed by atoms with van der Waals surface area (Å²) in [5, 5.41) is 12.5. The van der Waals surface area contributed by atoms with E-state index < -0.39 is 5.41 Å². The monoisotopic (exact) mass is 651 g/mol. The molecule has 2 heterocycles. The van der Waals surface area contributed by atoms with Crippen molar-refractivity contribution in [3.63, 3.8) is 0 Å². The summed E-state index contributed by atoms with van der Waals surface area (Å²) in [6.45, 7) is 10.4. The number of allylic oxidation sites excluding steroid dienone is 4. The van der Waals surface area contributed by atoms with Gasteiger partial charge in [-0.2, -0.15) is 4.57 Å². The fraction of sp³-hybridized carbons (Fsp3) is 0.476. The summed E-state index contributed by atoms with van der Waals surface area (Å²) >= 11 is 0. The molecule has 2 aromatic carbocycles. The zero-order valence-electron chi connectivity index (χ0n) is 30.0. The largest absolute Gasteiger partial charge is 0.506 e. The molecule has 1 aliphatic carbocycles. The SMILES string of the molecule is CCCCCCCCCCCCN1C(=CC2=C(O)C(=Cc3ccc4ccccc4[n+]3CCC)C2=O)C(C)(C)c2cc(OC)c(OC)cc21. The minimum absolute atomic E-state index is 0.0597. The number of aliphatic hydroxyl groups is 1. The van der Waals surface area contributed by atoms with E-state index in [4.69, 9.17) is 9.47 Å². The quantitative estimate of drug-likeness (QED) is 0.0894. The van der Waals surface area contributed by atoms with Gasteiger partial charge in [0.25, 0.3) is 0 Å². The Morgan fingerprint density at radius 1 is 0.812 bits per heavy atom. The zero-order chi connectivity index (χ0) is 34.3. The molecule has 1 N–H and O–H groups in total. The molecule has 1 aromatic heterocycles. The first-order valence-corrected chi connectivity index (χ1v) is 18.1. The third kappa shape index (κ3) is 7.18. The van der Waals surface area contributed by atoms with Gasteiger partial charge in [-0.05, 0) is 36.3 Å². The van der Waals surface area contributed by atoms with Crippen LogP contribution in [0.4, 0.5) is 5.69 Å². The lowest BCUT2D eigenvalue weighted by Crippen LogP contribution is -2.38. The highest BCUT2D eigenvalue weighted by Gasteiger charge is 2.43. The normalized spacial score (nSPS) is 17.0. The number of unbranched alkanes of at least 4 members (excludes halogenated alkanes) is 9. The van der Waals surface area contributed by atoms with Crippen LogP contribution in [0.25, 0.3) is 17.0 Å². The summed E-state index contributed by atoms with van der Waals surface area (Å²) in [5.41, 5.74) is 5.54. The van der Waals surface area contributed by atoms with E-state index in [9.17, 15) is 9.90 Å². The Labute approximate surface area is 287 Å². The number of methoxy groups -OCH3 is 2. The van der Waals surface area contributed by atoms with Crippen LogP contribution in [-0.4, -0.2) is 31.7 Å². The Kier molecular flexibility index (Phi) is 11.7. The molecular formula is C42H55N2O4+. The van der Waals surface area contributed by atoms with Crippen LogP contribution >= 0.6 is 0 Å². The molecule has 0 spiro atoms. The highest BCUT2D eigenvalue weighted by Crippen LogP contribution is 2.52. The first kappa shape index (κ1) is 35.3. The third-order valence-corrected chi connectivity index (χ3v) is 10.1. The number of aryl methyl sites for hydroxylation is 1. The van der Waals surface area contributed by atoms with Gasteiger partial charge in [-0.3, -0.25) is 4.79 Å². The predicted octanol–water partition coefficient (Wildman–Crippen LogP) is 9.94. The fourth-order valence-corrected chi connectivity index (χ4v) is 7.33. The number of aliphatic hydroxyl groups excluding tert-OH is 1. The van der Waals surface area contributed by atoms with Crippen LogP contribution in [0.15, 0.2) is 77.2 Å². The molecule has 2 aliphatic rings. The second-order valence-electron chi connectivity index (χ2n) is 13.8. The number of anilines is 1. The lowest BCUT2D eigenvalue weighted by atomic mass is 9.80. The van der Waals surface area contributed by atoms with E-state index in [2.05, 4.69) is 67.5 Å². The van der Waals surface area contributed by atoms with Crippen molar-refractivity contribution < 1.29 is 23.9 Å². The maximum Gasteiger partial charge on any atom is 0.212 e. The van der Waals surface area contributed by atoms with Gasteiger partial charge < -0.3 is 19.5 Å². The lowest BCUT2D eigenvalue weighted by Gasteiger charge is -2.29. The average molecular weight is 652 g/mol. The molecule has 0 bridgehead atoms. The number of carbonyl (C=O) groups is 1. The molecular weight excluding hydrogens is 596 g/mol. The minimum atomic E-state index is -0.414. The molecule has 0 saturated heterocycles. The number of carbonyl (C=O) groups excluding carboxylic acids is 1. The number of hydrogen-bond donors (Lipinski definition) is 1. The van der Waals surface area contributed by atoms with Crippen LogP contribution in [0.1, 0.15) is 110 Å². The fourth-order valence-electron chi connectivity index (χ4n) is 7.33. The smallest absolute Gasteiger partial charge is 0.212 e. The Morgan fingerprint density at radius 2 is 1.46 bits per heavy atom. The molecule has 0 unspecified atom stereocenters. The molecule has 6 nitrogen and oxygen atoms in total. The molecule has 6 heteroatoms. The second-order valence-corrected chi connectivity index (χ2v) is 13.8. The summed E-state index contributed by atoms with van der Waals surface area (Å²) in [6.07, 6.45) is 17.4. The number of rotatable bonds is 17. The summed E-state index contributed by atoms with van der Waals surface area (Å²) in [4.78, 5) is 16.1. The highest BCUT2D eigenvalue weighted by molar-refractivity contribution is 6.23. The van der Waals surface area contributed by atoms with Crippen molar-refractivity contribution in [2.24, 2.45) is 0 Å². The third-order valence-electron chi connectivity index (χ3n) is 10.1. The van der Waals surface area contributed by atoms with Crippen molar-refractivity contribution in [1.29, 1.82) is 0 Å². The van der Waals surface area contributed by atoms with Gasteiger partial charge in [0.15, 0.2) is 11.5 Å². The molecule has 5 rings (SSSR count). The van der Waals surface area contributed by atoms with Gasteiger partial charge in [0.1, 0.15) is 12.3 Å². The van der Waals surface area contributed by atoms with Crippen LogP contribution in [0.3, 0.4) is 0 Å². The highest BCUT2D eigenvalue weighted by atomic mass is 16.5. The number of ether oxygens (including phenoxy) is 2. The van der Waals surface area contributed by atoms with Gasteiger partial charge in [-0.1, -0.05) is 97.6 Å². The van der Waals surface area contributed by atoms with Gasteiger partial charge in [0, 0.05) is 59.4 Å². The number of fused-ring (bicyclic) bond motifs is 2. The molecule has 3 aromatic rings. The standard InChI is InChI=1S/C42H54N2O4/c1-7-9-10-11-12-13-14-15-16-19-25-44-36-29-38(48-6)37(47-5)28-34(36)42(3,4)39(44)27-33-40(45)32(41(33)46)26-31-23-22-30-20-17-18-21-35(30)43(31)24-8-2/h17-18,20-23,26-29H,7-16,19,24-25H2,1-6H3/p+1. The van der Waals surface area contributed by atoms with E-state index >= 15 is 0 Å². The molecule has 0 radical (unpaired) electrons. The number of nitrogens with zero attached hydrogens (tertiary/aromatic N) is 2. The first-order chi connectivity index (χ1) is 23.3. The van der Waals surface area contributed by atoms with Gasteiger partial charge in [-0.15, -0.1) is 0 Å². The molecule has 0 amide bonds. The van der Waals surface area contributed by atoms with Gasteiger partial charge in [0.05, 0.1) is 25.4 Å². The van der Waals surface area contributed by atoms with Gasteiger partial charge >= 0.3 is 0 Å². The van der Waals surface area contributed by atoms with Crippen molar-refractivity contribution in [3.05, 3.63) is 88.5 Å².